The molecule has 2 aromatic heterocycles. The molecule has 0 saturated carbocycles. The standard InChI is InChI=1S/C18H23N3O2/c1-4-15(22)8-5-10-18(2,3)13-20-17(23)21-12-9-14-7-6-11-19-16(14)21/h5-9,11-12H,4,10,13H2,1-3H3,(H,20,23)/b8-5+. The predicted molar refractivity (Wildman–Crippen MR) is 91.4 cm³/mol. The molecule has 1 amide bonds. The molecule has 2 rings (SSSR count). The first-order valence-electron chi connectivity index (χ1n) is 7.82. The van der Waals surface area contributed by atoms with Gasteiger partial charge in [-0.25, -0.2) is 9.78 Å². The summed E-state index contributed by atoms with van der Waals surface area (Å²) in [6.07, 6.45) is 8.13. The number of nitrogens with zero attached hydrogens (tertiary/aromatic N) is 2. The number of hydrogen-bond acceptors (Lipinski definition) is 3. The van der Waals surface area contributed by atoms with E-state index in [0.29, 0.717) is 18.6 Å². The van der Waals surface area contributed by atoms with E-state index in [2.05, 4.69) is 24.1 Å². The minimum Gasteiger partial charge on any atom is -0.337 e. The molecule has 2 heterocycles. The van der Waals surface area contributed by atoms with E-state index in [1.54, 1.807) is 18.5 Å². The maximum absolute atomic E-state index is 12.3. The summed E-state index contributed by atoms with van der Waals surface area (Å²) in [5.41, 5.74) is 0.521. The average Bonchev–Trinajstić information content (AvgIpc) is 2.96. The summed E-state index contributed by atoms with van der Waals surface area (Å²) in [6, 6.07) is 5.44. The lowest BCUT2D eigenvalue weighted by atomic mass is 9.89. The lowest BCUT2D eigenvalue weighted by Gasteiger charge is -2.23. The lowest BCUT2D eigenvalue weighted by molar-refractivity contribution is -0.114. The van der Waals surface area contributed by atoms with E-state index >= 15 is 0 Å². The number of hydrogen-bond donors (Lipinski definition) is 1. The molecular formula is C18H23N3O2. The molecule has 0 aliphatic carbocycles. The summed E-state index contributed by atoms with van der Waals surface area (Å²) >= 11 is 0. The molecule has 5 heteroatoms. The van der Waals surface area contributed by atoms with E-state index in [0.717, 1.165) is 11.8 Å². The Kier molecular flexibility index (Phi) is 5.32. The predicted octanol–water partition coefficient (Wildman–Crippen LogP) is 3.55. The van der Waals surface area contributed by atoms with Gasteiger partial charge < -0.3 is 5.32 Å². The molecule has 0 atom stereocenters. The van der Waals surface area contributed by atoms with Crippen LogP contribution in [-0.4, -0.2) is 27.9 Å². The van der Waals surface area contributed by atoms with Crippen LogP contribution in [-0.2, 0) is 4.79 Å². The Morgan fingerprint density at radius 1 is 1.35 bits per heavy atom. The number of rotatable bonds is 6. The van der Waals surface area contributed by atoms with Gasteiger partial charge in [0.2, 0.25) is 0 Å². The molecule has 0 fully saturated rings. The highest BCUT2D eigenvalue weighted by molar-refractivity contribution is 5.89. The van der Waals surface area contributed by atoms with Crippen LogP contribution in [0.25, 0.3) is 11.0 Å². The van der Waals surface area contributed by atoms with Crippen molar-refractivity contribution < 1.29 is 9.59 Å². The Labute approximate surface area is 136 Å². The van der Waals surface area contributed by atoms with Gasteiger partial charge in [0.15, 0.2) is 5.78 Å². The number of amides is 1. The highest BCUT2D eigenvalue weighted by atomic mass is 16.2. The molecule has 122 valence electrons. The summed E-state index contributed by atoms with van der Waals surface area (Å²) in [4.78, 5) is 27.8. The Bertz CT molecular complexity index is 729. The third kappa shape index (κ3) is 4.52. The van der Waals surface area contributed by atoms with Crippen LogP contribution in [0, 0.1) is 5.41 Å². The number of aromatic nitrogens is 2. The van der Waals surface area contributed by atoms with E-state index in [9.17, 15) is 9.59 Å². The topological polar surface area (TPSA) is 64.0 Å². The van der Waals surface area contributed by atoms with Crippen LogP contribution in [0.15, 0.2) is 42.7 Å². The first-order chi connectivity index (χ1) is 10.9. The van der Waals surface area contributed by atoms with E-state index in [4.69, 9.17) is 0 Å². The molecule has 0 aliphatic heterocycles. The molecule has 0 bridgehead atoms. The van der Waals surface area contributed by atoms with Gasteiger partial charge in [0.1, 0.15) is 5.65 Å². The SMILES string of the molecule is CCC(=O)/C=C/CC(C)(C)CNC(=O)n1ccc2cccnc21. The zero-order chi connectivity index (χ0) is 16.9. The van der Waals surface area contributed by atoms with E-state index in [-0.39, 0.29) is 17.2 Å². The van der Waals surface area contributed by atoms with Crippen LogP contribution in [0.4, 0.5) is 4.79 Å². The normalized spacial score (nSPS) is 12.0. The molecule has 23 heavy (non-hydrogen) atoms. The number of pyridine rings is 1. The third-order valence-corrected chi connectivity index (χ3v) is 3.71. The van der Waals surface area contributed by atoms with Gasteiger partial charge in [-0.1, -0.05) is 26.8 Å². The zero-order valence-corrected chi connectivity index (χ0v) is 13.9. The van der Waals surface area contributed by atoms with Crippen molar-refractivity contribution in [1.29, 1.82) is 0 Å². The highest BCUT2D eigenvalue weighted by Gasteiger charge is 2.18. The van der Waals surface area contributed by atoms with Crippen molar-refractivity contribution in [3.05, 3.63) is 42.7 Å². The fourth-order valence-corrected chi connectivity index (χ4v) is 2.23. The van der Waals surface area contributed by atoms with E-state index in [1.807, 2.05) is 31.2 Å². The summed E-state index contributed by atoms with van der Waals surface area (Å²) in [5.74, 6) is 0.120. The first kappa shape index (κ1) is 16.9. The maximum atomic E-state index is 12.3. The van der Waals surface area contributed by atoms with Gasteiger partial charge in [0.25, 0.3) is 0 Å². The van der Waals surface area contributed by atoms with Crippen molar-refractivity contribution in [2.75, 3.05) is 6.54 Å². The fraction of sp³-hybridized carbons (Fsp3) is 0.389. The van der Waals surface area contributed by atoms with Crippen molar-refractivity contribution in [3.63, 3.8) is 0 Å². The van der Waals surface area contributed by atoms with Crippen LogP contribution in [0.5, 0.6) is 0 Å². The van der Waals surface area contributed by atoms with Crippen LogP contribution in [0.2, 0.25) is 0 Å². The van der Waals surface area contributed by atoms with Crippen molar-refractivity contribution >= 4 is 22.8 Å². The molecule has 0 radical (unpaired) electrons. The van der Waals surface area contributed by atoms with Gasteiger partial charge in [-0.2, -0.15) is 0 Å². The van der Waals surface area contributed by atoms with Crippen LogP contribution in [0.1, 0.15) is 33.6 Å². The Hall–Kier alpha value is -2.43. The summed E-state index contributed by atoms with van der Waals surface area (Å²) in [5, 5.41) is 3.87. The second kappa shape index (κ2) is 7.22. The number of fused-ring (bicyclic) bond motifs is 1. The van der Waals surface area contributed by atoms with Crippen LogP contribution in [0.3, 0.4) is 0 Å². The Morgan fingerprint density at radius 3 is 2.87 bits per heavy atom. The van der Waals surface area contributed by atoms with Gasteiger partial charge in [-0.05, 0) is 36.1 Å². The number of allylic oxidation sites excluding steroid dienone is 2. The second-order valence-corrected chi connectivity index (χ2v) is 6.35. The molecular weight excluding hydrogens is 290 g/mol. The van der Waals surface area contributed by atoms with Gasteiger partial charge in [-0.3, -0.25) is 9.36 Å². The van der Waals surface area contributed by atoms with Crippen molar-refractivity contribution in [2.24, 2.45) is 5.41 Å². The second-order valence-electron chi connectivity index (χ2n) is 6.35. The third-order valence-electron chi connectivity index (χ3n) is 3.71. The number of carbonyl (C=O) groups is 2. The molecule has 5 nitrogen and oxygen atoms in total. The van der Waals surface area contributed by atoms with E-state index < -0.39 is 0 Å². The van der Waals surface area contributed by atoms with Crippen LogP contribution >= 0.6 is 0 Å². The van der Waals surface area contributed by atoms with Crippen molar-refractivity contribution in [2.45, 2.75) is 33.6 Å². The summed E-state index contributed by atoms with van der Waals surface area (Å²) in [6.45, 7) is 6.47. The summed E-state index contributed by atoms with van der Waals surface area (Å²) < 4.78 is 1.52. The van der Waals surface area contributed by atoms with Gasteiger partial charge in [0.05, 0.1) is 0 Å². The van der Waals surface area contributed by atoms with Crippen LogP contribution < -0.4 is 5.32 Å². The quantitative estimate of drug-likeness (QED) is 0.830. The molecule has 0 unspecified atom stereocenters. The number of nitrogens with one attached hydrogen (secondary N) is 1. The molecule has 0 saturated heterocycles. The van der Waals surface area contributed by atoms with Gasteiger partial charge in [0, 0.05) is 30.7 Å². The van der Waals surface area contributed by atoms with Crippen molar-refractivity contribution in [1.82, 2.24) is 14.9 Å². The maximum Gasteiger partial charge on any atom is 0.327 e. The minimum atomic E-state index is -0.194. The first-order valence-corrected chi connectivity index (χ1v) is 7.82. The number of carbonyl (C=O) groups excluding carboxylic acids is 2. The Morgan fingerprint density at radius 2 is 2.13 bits per heavy atom. The Balaban J connectivity index is 1.95. The molecule has 0 aromatic carbocycles. The monoisotopic (exact) mass is 313 g/mol. The molecule has 2 aromatic rings. The average molecular weight is 313 g/mol. The zero-order valence-electron chi connectivity index (χ0n) is 13.9. The van der Waals surface area contributed by atoms with Gasteiger partial charge >= 0.3 is 6.03 Å². The largest absolute Gasteiger partial charge is 0.337 e. The van der Waals surface area contributed by atoms with Gasteiger partial charge in [-0.15, -0.1) is 0 Å². The minimum absolute atomic E-state index is 0.120. The number of ketones is 1. The smallest absolute Gasteiger partial charge is 0.327 e. The summed E-state index contributed by atoms with van der Waals surface area (Å²) in [7, 11) is 0. The lowest BCUT2D eigenvalue weighted by Crippen LogP contribution is -2.36. The van der Waals surface area contributed by atoms with Crippen molar-refractivity contribution in [3.8, 4) is 0 Å². The molecule has 1 N–H and O–H groups in total. The van der Waals surface area contributed by atoms with E-state index in [1.165, 1.54) is 4.57 Å². The fourth-order valence-electron chi connectivity index (χ4n) is 2.23. The highest BCUT2D eigenvalue weighted by Crippen LogP contribution is 2.20. The molecule has 0 aliphatic rings. The molecule has 0 spiro atoms.